The highest BCUT2D eigenvalue weighted by atomic mass is 16.5. The van der Waals surface area contributed by atoms with E-state index in [9.17, 15) is 14.4 Å². The molecule has 0 aromatic carbocycles. The summed E-state index contributed by atoms with van der Waals surface area (Å²) in [4.78, 5) is 40.7. The summed E-state index contributed by atoms with van der Waals surface area (Å²) < 4.78 is 17.2. The molecule has 3 aromatic heterocycles. The Morgan fingerprint density at radius 2 is 2.06 bits per heavy atom. The molecule has 0 spiro atoms. The molecule has 0 fully saturated rings. The van der Waals surface area contributed by atoms with Gasteiger partial charge in [0.05, 0.1) is 30.0 Å². The molecule has 0 saturated carbocycles. The van der Waals surface area contributed by atoms with Gasteiger partial charge in [-0.3, -0.25) is 9.59 Å². The van der Waals surface area contributed by atoms with Crippen LogP contribution in [0, 0.1) is 0 Å². The van der Waals surface area contributed by atoms with Crippen LogP contribution in [0.3, 0.4) is 0 Å². The molecule has 10 nitrogen and oxygen atoms in total. The summed E-state index contributed by atoms with van der Waals surface area (Å²) in [6.07, 6.45) is 3.72. The Labute approximate surface area is 184 Å². The minimum absolute atomic E-state index is 0.0242. The Morgan fingerprint density at radius 1 is 1.25 bits per heavy atom. The number of nitrogens with one attached hydrogen (secondary N) is 1. The van der Waals surface area contributed by atoms with E-state index in [1.165, 1.54) is 6.26 Å². The summed E-state index contributed by atoms with van der Waals surface area (Å²) in [6, 6.07) is 5.05. The van der Waals surface area contributed by atoms with Gasteiger partial charge in [-0.05, 0) is 45.4 Å². The highest BCUT2D eigenvalue weighted by molar-refractivity contribution is 6.04. The Morgan fingerprint density at radius 3 is 2.75 bits per heavy atom. The van der Waals surface area contributed by atoms with Crippen LogP contribution < -0.4 is 5.32 Å². The minimum atomic E-state index is -0.671. The summed E-state index contributed by atoms with van der Waals surface area (Å²) in [5.41, 5.74) is 1.22. The van der Waals surface area contributed by atoms with E-state index in [-0.39, 0.29) is 30.5 Å². The Kier molecular flexibility index (Phi) is 7.58. The standard InChI is InChI=1S/C22H26N4O6/c1-4-30-20(28)8-5-9-23-19(27)13-32-22(29)15-11-17(18-7-6-10-31-18)25-21-16(15)12-24-26(21)14(2)3/h6-7,10-12,14H,4-5,8-9,13H2,1-3H3,(H,23,27). The molecule has 10 heteroatoms. The zero-order valence-corrected chi connectivity index (χ0v) is 18.3. The van der Waals surface area contributed by atoms with E-state index in [1.54, 1.807) is 36.0 Å². The smallest absolute Gasteiger partial charge is 0.339 e. The molecule has 32 heavy (non-hydrogen) atoms. The van der Waals surface area contributed by atoms with Gasteiger partial charge in [-0.25, -0.2) is 14.5 Å². The van der Waals surface area contributed by atoms with Crippen molar-refractivity contribution in [1.82, 2.24) is 20.1 Å². The second-order valence-electron chi connectivity index (χ2n) is 7.29. The summed E-state index contributed by atoms with van der Waals surface area (Å²) in [5.74, 6) is -0.951. The SMILES string of the molecule is CCOC(=O)CCCNC(=O)COC(=O)c1cc(-c2ccco2)nc2c1cnn2C(C)C. The van der Waals surface area contributed by atoms with Gasteiger partial charge in [-0.2, -0.15) is 5.10 Å². The van der Waals surface area contributed by atoms with Gasteiger partial charge in [-0.15, -0.1) is 0 Å². The van der Waals surface area contributed by atoms with Crippen LogP contribution in [0.2, 0.25) is 0 Å². The van der Waals surface area contributed by atoms with Crippen molar-refractivity contribution < 1.29 is 28.3 Å². The number of esters is 2. The monoisotopic (exact) mass is 442 g/mol. The molecule has 3 rings (SSSR count). The van der Waals surface area contributed by atoms with Crippen molar-refractivity contribution in [2.75, 3.05) is 19.8 Å². The molecule has 0 radical (unpaired) electrons. The van der Waals surface area contributed by atoms with Crippen LogP contribution in [0.25, 0.3) is 22.5 Å². The zero-order chi connectivity index (χ0) is 23.1. The zero-order valence-electron chi connectivity index (χ0n) is 18.3. The van der Waals surface area contributed by atoms with Crippen LogP contribution in [-0.4, -0.2) is 52.4 Å². The molecule has 1 N–H and O–H groups in total. The number of nitrogens with zero attached hydrogens (tertiary/aromatic N) is 3. The second kappa shape index (κ2) is 10.6. The summed E-state index contributed by atoms with van der Waals surface area (Å²) >= 11 is 0. The van der Waals surface area contributed by atoms with Crippen LogP contribution in [0.15, 0.2) is 35.1 Å². The van der Waals surface area contributed by atoms with E-state index in [4.69, 9.17) is 13.9 Å². The van der Waals surface area contributed by atoms with Crippen molar-refractivity contribution in [3.63, 3.8) is 0 Å². The number of carbonyl (C=O) groups excluding carboxylic acids is 3. The maximum Gasteiger partial charge on any atom is 0.339 e. The number of carbonyl (C=O) groups is 3. The Hall–Kier alpha value is -3.69. The third kappa shape index (κ3) is 5.51. The first-order valence-corrected chi connectivity index (χ1v) is 10.4. The molecule has 3 aromatic rings. The largest absolute Gasteiger partial charge is 0.466 e. The summed E-state index contributed by atoms with van der Waals surface area (Å²) in [6.45, 7) is 5.79. The van der Waals surface area contributed by atoms with Crippen LogP contribution in [0.1, 0.15) is 50.0 Å². The average Bonchev–Trinajstić information content (AvgIpc) is 3.44. The van der Waals surface area contributed by atoms with E-state index in [2.05, 4.69) is 15.4 Å². The number of hydrogen-bond donors (Lipinski definition) is 1. The predicted octanol–water partition coefficient (Wildman–Crippen LogP) is 2.89. The molecule has 0 atom stereocenters. The Balaban J connectivity index is 1.68. The van der Waals surface area contributed by atoms with Crippen molar-refractivity contribution >= 4 is 28.9 Å². The first kappa shape index (κ1) is 23.0. The number of furan rings is 1. The number of ether oxygens (including phenoxy) is 2. The molecule has 0 aliphatic rings. The van der Waals surface area contributed by atoms with Gasteiger partial charge >= 0.3 is 11.9 Å². The average molecular weight is 442 g/mol. The molecule has 0 bridgehead atoms. The summed E-state index contributed by atoms with van der Waals surface area (Å²) in [5, 5.41) is 7.46. The molecule has 0 unspecified atom stereocenters. The lowest BCUT2D eigenvalue weighted by molar-refractivity contribution is -0.143. The van der Waals surface area contributed by atoms with Crippen molar-refractivity contribution in [3.05, 3.63) is 36.2 Å². The van der Waals surface area contributed by atoms with E-state index < -0.39 is 18.5 Å². The Bertz CT molecular complexity index is 1090. The predicted molar refractivity (Wildman–Crippen MR) is 115 cm³/mol. The molecule has 1 amide bonds. The highest BCUT2D eigenvalue weighted by Crippen LogP contribution is 2.27. The van der Waals surface area contributed by atoms with E-state index in [0.29, 0.717) is 35.5 Å². The topological polar surface area (TPSA) is 126 Å². The quantitative estimate of drug-likeness (QED) is 0.375. The van der Waals surface area contributed by atoms with E-state index >= 15 is 0 Å². The molecule has 0 aliphatic heterocycles. The van der Waals surface area contributed by atoms with E-state index in [1.807, 2.05) is 13.8 Å². The van der Waals surface area contributed by atoms with E-state index in [0.717, 1.165) is 0 Å². The van der Waals surface area contributed by atoms with Gasteiger partial charge in [0, 0.05) is 19.0 Å². The van der Waals surface area contributed by atoms with Gasteiger partial charge in [-0.1, -0.05) is 0 Å². The number of pyridine rings is 1. The van der Waals surface area contributed by atoms with Gasteiger partial charge < -0.3 is 19.2 Å². The van der Waals surface area contributed by atoms with Crippen molar-refractivity contribution in [2.24, 2.45) is 0 Å². The molecular weight excluding hydrogens is 416 g/mol. The van der Waals surface area contributed by atoms with Crippen molar-refractivity contribution in [1.29, 1.82) is 0 Å². The van der Waals surface area contributed by atoms with Gasteiger partial charge in [0.2, 0.25) is 0 Å². The third-order valence-electron chi connectivity index (χ3n) is 4.57. The van der Waals surface area contributed by atoms with Crippen LogP contribution in [0.4, 0.5) is 0 Å². The molecule has 0 saturated heterocycles. The first-order chi connectivity index (χ1) is 15.4. The minimum Gasteiger partial charge on any atom is -0.466 e. The third-order valence-corrected chi connectivity index (χ3v) is 4.57. The van der Waals surface area contributed by atoms with Crippen molar-refractivity contribution in [3.8, 4) is 11.5 Å². The van der Waals surface area contributed by atoms with Crippen LogP contribution in [-0.2, 0) is 19.1 Å². The highest BCUT2D eigenvalue weighted by Gasteiger charge is 2.21. The van der Waals surface area contributed by atoms with Gasteiger partial charge in [0.15, 0.2) is 18.0 Å². The number of hydrogen-bond acceptors (Lipinski definition) is 8. The number of amides is 1. The maximum absolute atomic E-state index is 12.8. The van der Waals surface area contributed by atoms with Gasteiger partial charge in [0.1, 0.15) is 5.69 Å². The molecule has 3 heterocycles. The fraction of sp³-hybridized carbons (Fsp3) is 0.409. The number of rotatable bonds is 10. The first-order valence-electron chi connectivity index (χ1n) is 10.4. The van der Waals surface area contributed by atoms with Crippen LogP contribution in [0.5, 0.6) is 0 Å². The lowest BCUT2D eigenvalue weighted by atomic mass is 10.1. The fourth-order valence-corrected chi connectivity index (χ4v) is 3.07. The lowest BCUT2D eigenvalue weighted by Crippen LogP contribution is -2.30. The summed E-state index contributed by atoms with van der Waals surface area (Å²) in [7, 11) is 0. The maximum atomic E-state index is 12.8. The van der Waals surface area contributed by atoms with Crippen molar-refractivity contribution in [2.45, 2.75) is 39.7 Å². The molecule has 0 aliphatic carbocycles. The lowest BCUT2D eigenvalue weighted by Gasteiger charge is -2.10. The molecule has 170 valence electrons. The van der Waals surface area contributed by atoms with Crippen LogP contribution >= 0.6 is 0 Å². The molecular formula is C22H26N4O6. The fourth-order valence-electron chi connectivity index (χ4n) is 3.07. The number of aromatic nitrogens is 3. The van der Waals surface area contributed by atoms with Gasteiger partial charge in [0.25, 0.3) is 5.91 Å². The normalized spacial score (nSPS) is 11.0. The second-order valence-corrected chi connectivity index (χ2v) is 7.29. The number of fused-ring (bicyclic) bond motifs is 1.